The lowest BCUT2D eigenvalue weighted by atomic mass is 10.1. The maximum atomic E-state index is 5.47. The summed E-state index contributed by atoms with van der Waals surface area (Å²) in [5.74, 6) is 0. The van der Waals surface area contributed by atoms with E-state index in [1.165, 1.54) is 90.0 Å². The van der Waals surface area contributed by atoms with Crippen molar-refractivity contribution in [1.29, 1.82) is 0 Å². The van der Waals surface area contributed by atoms with Crippen LogP contribution in [-0.2, 0) is 0 Å². The van der Waals surface area contributed by atoms with Gasteiger partial charge in [0.15, 0.2) is 0 Å². The largest absolute Gasteiger partial charge is 0.330 e. The van der Waals surface area contributed by atoms with E-state index in [-0.39, 0.29) is 0 Å². The molecule has 0 amide bonds. The number of hydrogen-bond acceptors (Lipinski definition) is 5. The standard InChI is InChI=1S/C24H55N5/c1-2-3-4-5-6-7-8-9-10-17-27-21-14-23-29-24-15-22-28-19-12-11-18-26-20-13-16-25/h26-29H,2-25H2,1H3. The van der Waals surface area contributed by atoms with E-state index in [4.69, 9.17) is 5.73 Å². The van der Waals surface area contributed by atoms with Gasteiger partial charge in [-0.3, -0.25) is 0 Å². The first-order valence-electron chi connectivity index (χ1n) is 12.9. The third-order valence-electron chi connectivity index (χ3n) is 5.39. The van der Waals surface area contributed by atoms with Gasteiger partial charge in [-0.15, -0.1) is 0 Å². The van der Waals surface area contributed by atoms with Gasteiger partial charge in [0.25, 0.3) is 0 Å². The maximum Gasteiger partial charge on any atom is -0.00368 e. The highest BCUT2D eigenvalue weighted by Gasteiger charge is 1.94. The molecule has 0 aliphatic heterocycles. The van der Waals surface area contributed by atoms with Crippen molar-refractivity contribution >= 4 is 0 Å². The van der Waals surface area contributed by atoms with Gasteiger partial charge in [-0.25, -0.2) is 0 Å². The quantitative estimate of drug-likeness (QED) is 0.140. The molecule has 0 rings (SSSR count). The lowest BCUT2D eigenvalue weighted by Crippen LogP contribution is -2.26. The third kappa shape index (κ3) is 27.8. The van der Waals surface area contributed by atoms with E-state index in [9.17, 15) is 0 Å². The van der Waals surface area contributed by atoms with Crippen molar-refractivity contribution in [3.63, 3.8) is 0 Å². The number of rotatable bonds is 26. The molecule has 0 atom stereocenters. The van der Waals surface area contributed by atoms with E-state index in [2.05, 4.69) is 28.2 Å². The predicted molar refractivity (Wildman–Crippen MR) is 131 cm³/mol. The lowest BCUT2D eigenvalue weighted by molar-refractivity contribution is 0.532. The highest BCUT2D eigenvalue weighted by molar-refractivity contribution is 4.56. The van der Waals surface area contributed by atoms with Crippen LogP contribution in [-0.4, -0.2) is 58.9 Å². The molecule has 0 aromatic heterocycles. The fourth-order valence-corrected chi connectivity index (χ4v) is 3.46. The Hall–Kier alpha value is -0.200. The van der Waals surface area contributed by atoms with Crippen molar-refractivity contribution in [2.24, 2.45) is 5.73 Å². The van der Waals surface area contributed by atoms with Crippen LogP contribution in [0, 0.1) is 0 Å². The highest BCUT2D eigenvalue weighted by atomic mass is 14.9. The zero-order valence-electron chi connectivity index (χ0n) is 19.8. The van der Waals surface area contributed by atoms with Crippen molar-refractivity contribution in [3.05, 3.63) is 0 Å². The minimum atomic E-state index is 0.790. The average Bonchev–Trinajstić information content (AvgIpc) is 2.74. The average molecular weight is 414 g/mol. The van der Waals surface area contributed by atoms with Gasteiger partial charge in [0.05, 0.1) is 0 Å². The SMILES string of the molecule is CCCCCCCCCCCNCCCNCCCNCCCCNCCCN. The predicted octanol–water partition coefficient (Wildman–Crippen LogP) is 3.78. The van der Waals surface area contributed by atoms with E-state index in [0.29, 0.717) is 0 Å². The molecule has 5 nitrogen and oxygen atoms in total. The Morgan fingerprint density at radius 1 is 0.379 bits per heavy atom. The number of unbranched alkanes of at least 4 members (excludes halogenated alkanes) is 9. The Labute approximate surface area is 183 Å². The van der Waals surface area contributed by atoms with Crippen molar-refractivity contribution in [2.75, 3.05) is 58.9 Å². The van der Waals surface area contributed by atoms with Crippen molar-refractivity contribution in [3.8, 4) is 0 Å². The molecular weight excluding hydrogens is 358 g/mol. The van der Waals surface area contributed by atoms with Gasteiger partial charge >= 0.3 is 0 Å². The second-order valence-electron chi connectivity index (χ2n) is 8.38. The van der Waals surface area contributed by atoms with Gasteiger partial charge in [-0.1, -0.05) is 58.3 Å². The topological polar surface area (TPSA) is 74.1 Å². The van der Waals surface area contributed by atoms with E-state index in [1.54, 1.807) is 0 Å². The second kappa shape index (κ2) is 27.8. The van der Waals surface area contributed by atoms with E-state index in [0.717, 1.165) is 58.8 Å². The summed E-state index contributed by atoms with van der Waals surface area (Å²) in [6.45, 7) is 12.1. The Morgan fingerprint density at radius 2 is 0.690 bits per heavy atom. The molecule has 0 saturated heterocycles. The molecule has 0 aromatic carbocycles. The fraction of sp³-hybridized carbons (Fsp3) is 1.00. The molecular formula is C24H55N5. The monoisotopic (exact) mass is 413 g/mol. The molecule has 0 bridgehead atoms. The zero-order chi connectivity index (χ0) is 21.1. The summed E-state index contributed by atoms with van der Waals surface area (Å²) < 4.78 is 0. The summed E-state index contributed by atoms with van der Waals surface area (Å²) in [5.41, 5.74) is 5.47. The van der Waals surface area contributed by atoms with E-state index >= 15 is 0 Å². The first-order chi connectivity index (χ1) is 14.4. The van der Waals surface area contributed by atoms with Crippen LogP contribution in [0.2, 0.25) is 0 Å². The smallest absolute Gasteiger partial charge is 0.00368 e. The fourth-order valence-electron chi connectivity index (χ4n) is 3.46. The van der Waals surface area contributed by atoms with Crippen LogP contribution in [0.3, 0.4) is 0 Å². The number of hydrogen-bond donors (Lipinski definition) is 5. The van der Waals surface area contributed by atoms with Gasteiger partial charge in [0, 0.05) is 0 Å². The van der Waals surface area contributed by atoms with E-state index in [1.807, 2.05) is 0 Å². The molecule has 6 N–H and O–H groups in total. The van der Waals surface area contributed by atoms with Crippen LogP contribution in [0.4, 0.5) is 0 Å². The van der Waals surface area contributed by atoms with Gasteiger partial charge in [-0.2, -0.15) is 0 Å². The minimum absolute atomic E-state index is 0.790. The van der Waals surface area contributed by atoms with Crippen molar-refractivity contribution in [1.82, 2.24) is 21.3 Å². The van der Waals surface area contributed by atoms with E-state index < -0.39 is 0 Å². The normalized spacial score (nSPS) is 11.4. The number of nitrogens with one attached hydrogen (secondary N) is 4. The highest BCUT2D eigenvalue weighted by Crippen LogP contribution is 2.09. The first-order valence-corrected chi connectivity index (χ1v) is 12.9. The Bertz CT molecular complexity index is 250. The lowest BCUT2D eigenvalue weighted by Gasteiger charge is -2.08. The minimum Gasteiger partial charge on any atom is -0.330 e. The Morgan fingerprint density at radius 3 is 1.10 bits per heavy atom. The first kappa shape index (κ1) is 28.8. The summed E-state index contributed by atoms with van der Waals surface area (Å²) in [4.78, 5) is 0. The molecule has 0 heterocycles. The maximum absolute atomic E-state index is 5.47. The second-order valence-corrected chi connectivity index (χ2v) is 8.38. The molecule has 0 aromatic rings. The number of nitrogens with two attached hydrogens (primary N) is 1. The molecule has 5 heteroatoms. The molecule has 0 aliphatic rings. The van der Waals surface area contributed by atoms with Crippen LogP contribution in [0.15, 0.2) is 0 Å². The van der Waals surface area contributed by atoms with Gasteiger partial charge < -0.3 is 27.0 Å². The summed E-state index contributed by atoms with van der Waals surface area (Å²) >= 11 is 0. The molecule has 0 fully saturated rings. The Balaban J connectivity index is 2.97. The summed E-state index contributed by atoms with van der Waals surface area (Å²) in [5, 5.41) is 14.1. The molecule has 0 spiro atoms. The van der Waals surface area contributed by atoms with Crippen LogP contribution in [0.5, 0.6) is 0 Å². The third-order valence-corrected chi connectivity index (χ3v) is 5.39. The van der Waals surface area contributed by atoms with Gasteiger partial charge in [0.1, 0.15) is 0 Å². The molecule has 176 valence electrons. The molecule has 0 radical (unpaired) electrons. The molecule has 0 unspecified atom stereocenters. The van der Waals surface area contributed by atoms with Gasteiger partial charge in [-0.05, 0) is 97.4 Å². The van der Waals surface area contributed by atoms with Crippen LogP contribution in [0.1, 0.15) is 96.8 Å². The Kier molecular flexibility index (Phi) is 27.6. The zero-order valence-corrected chi connectivity index (χ0v) is 19.8. The molecule has 29 heavy (non-hydrogen) atoms. The summed E-state index contributed by atoms with van der Waals surface area (Å²) in [7, 11) is 0. The van der Waals surface area contributed by atoms with Crippen molar-refractivity contribution < 1.29 is 0 Å². The summed E-state index contributed by atoms with van der Waals surface area (Å²) in [6, 6.07) is 0. The van der Waals surface area contributed by atoms with Crippen molar-refractivity contribution in [2.45, 2.75) is 96.8 Å². The van der Waals surface area contributed by atoms with Crippen LogP contribution in [0.25, 0.3) is 0 Å². The molecule has 0 saturated carbocycles. The van der Waals surface area contributed by atoms with Crippen LogP contribution < -0.4 is 27.0 Å². The summed E-state index contributed by atoms with van der Waals surface area (Å²) in [6.07, 6.45) is 18.8. The van der Waals surface area contributed by atoms with Gasteiger partial charge in [0.2, 0.25) is 0 Å². The van der Waals surface area contributed by atoms with Crippen LogP contribution >= 0.6 is 0 Å². The molecule has 0 aliphatic carbocycles.